The van der Waals surface area contributed by atoms with Crippen LogP contribution in [0, 0.1) is 13.8 Å². The van der Waals surface area contributed by atoms with E-state index < -0.39 is 0 Å². The number of benzene rings is 4. The Bertz CT molecular complexity index is 1720. The summed E-state index contributed by atoms with van der Waals surface area (Å²) in [7, 11) is 0. The zero-order valence-corrected chi connectivity index (χ0v) is 24.2. The monoisotopic (exact) mass is 612 g/mol. The molecule has 0 bridgehead atoms. The number of rotatable bonds is 8. The molecular weight excluding hydrogens is 588 g/mol. The second kappa shape index (κ2) is 11.9. The Balaban J connectivity index is 1.43. The number of ketones is 1. The predicted molar refractivity (Wildman–Crippen MR) is 161 cm³/mol. The van der Waals surface area contributed by atoms with Gasteiger partial charge in [0.15, 0.2) is 16.8 Å². The molecule has 1 amide bonds. The first-order chi connectivity index (χ1) is 19.3. The van der Waals surface area contributed by atoms with Gasteiger partial charge in [-0.05, 0) is 55.8 Å². The Morgan fingerprint density at radius 2 is 1.68 bits per heavy atom. The van der Waals surface area contributed by atoms with Crippen molar-refractivity contribution in [3.8, 4) is 22.8 Å². The number of aromatic hydroxyl groups is 1. The summed E-state index contributed by atoms with van der Waals surface area (Å²) in [6.45, 7) is 4.01. The van der Waals surface area contributed by atoms with Crippen LogP contribution < -0.4 is 5.32 Å². The van der Waals surface area contributed by atoms with Crippen molar-refractivity contribution in [2.45, 2.75) is 19.0 Å². The standard InChI is InChI=1S/C31H25BrN4O3S/c1-19-12-14-26(20(2)16-19)36-30(24-17-22(32)13-15-27(24)37)34-35-31(36)40-18-28(38)33-25-11-7-6-10-23(25)29(39)21-8-4-3-5-9-21/h3-17,37H,18H2,1-2H3,(H,33,38). The lowest BCUT2D eigenvalue weighted by Crippen LogP contribution is -2.17. The number of phenolic OH excluding ortho intramolecular Hbond substituents is 1. The fourth-order valence-electron chi connectivity index (χ4n) is 4.35. The number of nitrogens with one attached hydrogen (secondary N) is 1. The van der Waals surface area contributed by atoms with Crippen LogP contribution in [0.1, 0.15) is 27.0 Å². The molecular formula is C31H25BrN4O3S. The molecule has 5 aromatic rings. The van der Waals surface area contributed by atoms with E-state index in [0.717, 1.165) is 21.3 Å². The van der Waals surface area contributed by atoms with Gasteiger partial charge in [0.25, 0.3) is 0 Å². The summed E-state index contributed by atoms with van der Waals surface area (Å²) in [4.78, 5) is 26.2. The van der Waals surface area contributed by atoms with Gasteiger partial charge in [-0.3, -0.25) is 14.2 Å². The van der Waals surface area contributed by atoms with Gasteiger partial charge >= 0.3 is 0 Å². The van der Waals surface area contributed by atoms with Crippen LogP contribution in [0.4, 0.5) is 5.69 Å². The molecule has 5 rings (SSSR count). The van der Waals surface area contributed by atoms with Crippen molar-refractivity contribution >= 4 is 45.1 Å². The molecule has 0 unspecified atom stereocenters. The number of aryl methyl sites for hydroxylation is 2. The molecule has 9 heteroatoms. The summed E-state index contributed by atoms with van der Waals surface area (Å²) in [5.41, 5.74) is 4.85. The van der Waals surface area contributed by atoms with Crippen LogP contribution in [0.25, 0.3) is 17.1 Å². The van der Waals surface area contributed by atoms with Gasteiger partial charge in [0.1, 0.15) is 5.75 Å². The van der Waals surface area contributed by atoms with Crippen molar-refractivity contribution in [3.63, 3.8) is 0 Å². The molecule has 0 aliphatic carbocycles. The summed E-state index contributed by atoms with van der Waals surface area (Å²) in [5.74, 6) is 0.0853. The lowest BCUT2D eigenvalue weighted by Gasteiger charge is -2.14. The predicted octanol–water partition coefficient (Wildman–Crippen LogP) is 6.98. The highest BCUT2D eigenvalue weighted by molar-refractivity contribution is 9.10. The van der Waals surface area contributed by atoms with Crippen molar-refractivity contribution in [2.75, 3.05) is 11.1 Å². The molecule has 1 heterocycles. The molecule has 2 N–H and O–H groups in total. The zero-order chi connectivity index (χ0) is 28.2. The first-order valence-corrected chi connectivity index (χ1v) is 14.2. The van der Waals surface area contributed by atoms with Crippen LogP contribution in [-0.2, 0) is 4.79 Å². The first-order valence-electron chi connectivity index (χ1n) is 12.4. The highest BCUT2D eigenvalue weighted by atomic mass is 79.9. The molecule has 7 nitrogen and oxygen atoms in total. The smallest absolute Gasteiger partial charge is 0.234 e. The van der Waals surface area contributed by atoms with E-state index in [9.17, 15) is 14.7 Å². The highest BCUT2D eigenvalue weighted by Crippen LogP contribution is 2.35. The number of thioether (sulfide) groups is 1. The molecule has 1 aromatic heterocycles. The van der Waals surface area contributed by atoms with Gasteiger partial charge in [-0.1, -0.05) is 87.9 Å². The van der Waals surface area contributed by atoms with E-state index in [4.69, 9.17) is 0 Å². The van der Waals surface area contributed by atoms with E-state index in [1.807, 2.05) is 36.6 Å². The van der Waals surface area contributed by atoms with Gasteiger partial charge in [-0.2, -0.15) is 0 Å². The molecule has 0 atom stereocenters. The molecule has 0 spiro atoms. The van der Waals surface area contributed by atoms with Crippen LogP contribution in [0.2, 0.25) is 0 Å². The summed E-state index contributed by atoms with van der Waals surface area (Å²) in [6.07, 6.45) is 0. The Morgan fingerprint density at radius 1 is 0.925 bits per heavy atom. The van der Waals surface area contributed by atoms with Gasteiger partial charge in [0.05, 0.1) is 22.7 Å². The number of phenols is 1. The van der Waals surface area contributed by atoms with Crippen LogP contribution in [0.3, 0.4) is 0 Å². The second-order valence-corrected chi connectivity index (χ2v) is 11.0. The number of carbonyl (C=O) groups is 2. The van der Waals surface area contributed by atoms with Gasteiger partial charge < -0.3 is 10.4 Å². The average Bonchev–Trinajstić information content (AvgIpc) is 3.37. The number of hydrogen-bond acceptors (Lipinski definition) is 6. The molecule has 0 fully saturated rings. The second-order valence-electron chi connectivity index (χ2n) is 9.17. The van der Waals surface area contributed by atoms with Gasteiger partial charge in [0.2, 0.25) is 5.91 Å². The van der Waals surface area contributed by atoms with Gasteiger partial charge in [-0.25, -0.2) is 0 Å². The lowest BCUT2D eigenvalue weighted by atomic mass is 10.0. The maximum Gasteiger partial charge on any atom is 0.234 e. The Kier molecular flexibility index (Phi) is 8.14. The number of aromatic nitrogens is 3. The van der Waals surface area contributed by atoms with E-state index in [1.54, 1.807) is 66.7 Å². The van der Waals surface area contributed by atoms with Crippen molar-refractivity contribution in [2.24, 2.45) is 0 Å². The first kappa shape index (κ1) is 27.4. The summed E-state index contributed by atoms with van der Waals surface area (Å²) < 4.78 is 2.63. The van der Waals surface area contributed by atoms with E-state index in [0.29, 0.717) is 33.4 Å². The van der Waals surface area contributed by atoms with Gasteiger partial charge in [-0.15, -0.1) is 10.2 Å². The van der Waals surface area contributed by atoms with Crippen LogP contribution in [-0.4, -0.2) is 37.3 Å². The number of carbonyl (C=O) groups excluding carboxylic acids is 2. The Morgan fingerprint density at radius 3 is 2.45 bits per heavy atom. The van der Waals surface area contributed by atoms with E-state index >= 15 is 0 Å². The minimum atomic E-state index is -0.291. The topological polar surface area (TPSA) is 97.1 Å². The highest BCUT2D eigenvalue weighted by Gasteiger charge is 2.22. The van der Waals surface area contributed by atoms with E-state index in [1.165, 1.54) is 11.8 Å². The summed E-state index contributed by atoms with van der Waals surface area (Å²) in [5, 5.41) is 22.8. The Labute approximate surface area is 244 Å². The van der Waals surface area contributed by atoms with Crippen molar-refractivity contribution in [3.05, 3.63) is 118 Å². The molecule has 0 aliphatic rings. The average molecular weight is 614 g/mol. The maximum atomic E-state index is 13.1. The lowest BCUT2D eigenvalue weighted by molar-refractivity contribution is -0.113. The van der Waals surface area contributed by atoms with Crippen molar-refractivity contribution in [1.29, 1.82) is 0 Å². The minimum absolute atomic E-state index is 0.0291. The maximum absolute atomic E-state index is 13.1. The van der Waals surface area contributed by atoms with Crippen LogP contribution >= 0.6 is 27.7 Å². The zero-order valence-electron chi connectivity index (χ0n) is 21.8. The fourth-order valence-corrected chi connectivity index (χ4v) is 5.46. The summed E-state index contributed by atoms with van der Waals surface area (Å²) >= 11 is 4.68. The molecule has 0 saturated carbocycles. The third-order valence-corrected chi connectivity index (χ3v) is 7.66. The van der Waals surface area contributed by atoms with E-state index in [-0.39, 0.29) is 23.2 Å². The number of para-hydroxylation sites is 1. The fraction of sp³-hybridized carbons (Fsp3) is 0.0968. The summed E-state index contributed by atoms with van der Waals surface area (Å²) in [6, 6.07) is 27.1. The molecule has 40 heavy (non-hydrogen) atoms. The normalized spacial score (nSPS) is 10.9. The minimum Gasteiger partial charge on any atom is -0.507 e. The quantitative estimate of drug-likeness (QED) is 0.145. The van der Waals surface area contributed by atoms with Crippen LogP contribution in [0.15, 0.2) is 101 Å². The van der Waals surface area contributed by atoms with Crippen molar-refractivity contribution in [1.82, 2.24) is 14.8 Å². The van der Waals surface area contributed by atoms with E-state index in [2.05, 4.69) is 37.5 Å². The van der Waals surface area contributed by atoms with Crippen LogP contribution in [0.5, 0.6) is 5.75 Å². The molecule has 0 radical (unpaired) electrons. The third kappa shape index (κ3) is 5.85. The van der Waals surface area contributed by atoms with Gasteiger partial charge in [0, 0.05) is 15.6 Å². The van der Waals surface area contributed by atoms with Crippen molar-refractivity contribution < 1.29 is 14.7 Å². The molecule has 0 aliphatic heterocycles. The Hall–Kier alpha value is -4.21. The molecule has 200 valence electrons. The number of halogens is 1. The number of nitrogens with zero attached hydrogens (tertiary/aromatic N) is 3. The number of hydrogen-bond donors (Lipinski definition) is 2. The third-order valence-electron chi connectivity index (χ3n) is 6.24. The molecule has 4 aromatic carbocycles. The SMILES string of the molecule is Cc1ccc(-n2c(SCC(=O)Nc3ccccc3C(=O)c3ccccc3)nnc2-c2cc(Br)ccc2O)c(C)c1. The molecule has 0 saturated heterocycles. The largest absolute Gasteiger partial charge is 0.507 e. The number of amides is 1. The number of anilines is 1.